The summed E-state index contributed by atoms with van der Waals surface area (Å²) in [5.74, 6) is 1.29. The van der Waals surface area contributed by atoms with Crippen molar-refractivity contribution in [3.8, 4) is 11.1 Å². The normalized spacial score (nSPS) is 17.2. The molecule has 1 saturated heterocycles. The lowest BCUT2D eigenvalue weighted by Crippen LogP contribution is -2.34. The quantitative estimate of drug-likeness (QED) is 0.409. The molecule has 5 heterocycles. The standard InChI is InChI=1S/C27H33N9/c1-2-23-27(32-19-6-3-4-7-19)34-24-22(16-30-26(28)25(24)33-23)18-14-31-36(17-18)20-9-12-35(13-10-20)21-8-5-11-29-15-21/h5,8,11,14-17,19-20H,2-4,6-7,9-10,12-13H2,1H3,(H2,28,30)(H,32,34). The first-order valence-corrected chi connectivity index (χ1v) is 13.1. The predicted molar refractivity (Wildman–Crippen MR) is 143 cm³/mol. The zero-order valence-corrected chi connectivity index (χ0v) is 20.8. The van der Waals surface area contributed by atoms with Crippen LogP contribution in [-0.4, -0.2) is 48.8 Å². The highest BCUT2D eigenvalue weighted by atomic mass is 15.3. The molecule has 2 aliphatic rings. The summed E-state index contributed by atoms with van der Waals surface area (Å²) in [5.41, 5.74) is 11.7. The Balaban J connectivity index is 1.28. The van der Waals surface area contributed by atoms with Crippen molar-refractivity contribution >= 4 is 28.4 Å². The molecule has 9 heteroatoms. The molecule has 6 rings (SSSR count). The van der Waals surface area contributed by atoms with E-state index in [9.17, 15) is 0 Å². The fraction of sp³-hybridized carbons (Fsp3) is 0.444. The number of hydrogen-bond donors (Lipinski definition) is 2. The first-order valence-electron chi connectivity index (χ1n) is 13.1. The van der Waals surface area contributed by atoms with Crippen LogP contribution in [0.3, 0.4) is 0 Å². The molecule has 4 aromatic rings. The van der Waals surface area contributed by atoms with Crippen molar-refractivity contribution in [2.45, 2.75) is 64.0 Å². The lowest BCUT2D eigenvalue weighted by atomic mass is 10.0. The summed E-state index contributed by atoms with van der Waals surface area (Å²) in [5, 5.41) is 8.41. The van der Waals surface area contributed by atoms with Crippen molar-refractivity contribution in [3.63, 3.8) is 0 Å². The number of nitrogens with one attached hydrogen (secondary N) is 1. The van der Waals surface area contributed by atoms with Crippen LogP contribution < -0.4 is 16.0 Å². The number of aromatic nitrogens is 6. The van der Waals surface area contributed by atoms with E-state index in [-0.39, 0.29) is 0 Å². The van der Waals surface area contributed by atoms with E-state index in [1.165, 1.54) is 31.4 Å². The monoisotopic (exact) mass is 483 g/mol. The van der Waals surface area contributed by atoms with Gasteiger partial charge >= 0.3 is 0 Å². The summed E-state index contributed by atoms with van der Waals surface area (Å²) in [7, 11) is 0. The predicted octanol–water partition coefficient (Wildman–Crippen LogP) is 4.62. The maximum Gasteiger partial charge on any atom is 0.151 e. The highest BCUT2D eigenvalue weighted by molar-refractivity contribution is 5.96. The minimum Gasteiger partial charge on any atom is -0.382 e. The Morgan fingerprint density at radius 3 is 2.61 bits per heavy atom. The van der Waals surface area contributed by atoms with E-state index in [2.05, 4.69) is 44.1 Å². The Kier molecular flexibility index (Phi) is 6.13. The van der Waals surface area contributed by atoms with Crippen molar-refractivity contribution in [2.24, 2.45) is 0 Å². The molecule has 186 valence electrons. The Morgan fingerprint density at radius 1 is 1.03 bits per heavy atom. The zero-order chi connectivity index (χ0) is 24.5. The molecule has 9 nitrogen and oxygen atoms in total. The van der Waals surface area contributed by atoms with Gasteiger partial charge in [0.25, 0.3) is 0 Å². The third-order valence-corrected chi connectivity index (χ3v) is 7.59. The summed E-state index contributed by atoms with van der Waals surface area (Å²) in [6, 6.07) is 4.94. The first-order chi connectivity index (χ1) is 17.7. The molecule has 0 unspecified atom stereocenters. The fourth-order valence-corrected chi connectivity index (χ4v) is 5.54. The number of nitrogens with zero attached hydrogens (tertiary/aromatic N) is 7. The number of piperidine rings is 1. The van der Waals surface area contributed by atoms with Gasteiger partial charge in [0.05, 0.1) is 29.8 Å². The molecule has 1 aliphatic heterocycles. The number of fused-ring (bicyclic) bond motifs is 1. The van der Waals surface area contributed by atoms with Crippen LogP contribution in [0.25, 0.3) is 22.2 Å². The summed E-state index contributed by atoms with van der Waals surface area (Å²) in [6.07, 6.45) is 17.4. The number of nitrogens with two attached hydrogens (primary N) is 1. The third-order valence-electron chi connectivity index (χ3n) is 7.59. The second kappa shape index (κ2) is 9.72. The number of pyridine rings is 2. The van der Waals surface area contributed by atoms with Crippen LogP contribution >= 0.6 is 0 Å². The minimum atomic E-state index is 0.358. The van der Waals surface area contributed by atoms with Gasteiger partial charge in [-0.15, -0.1) is 0 Å². The molecule has 0 spiro atoms. The van der Waals surface area contributed by atoms with E-state index in [1.54, 1.807) is 0 Å². The molecule has 0 atom stereocenters. The Labute approximate surface area is 211 Å². The zero-order valence-electron chi connectivity index (χ0n) is 20.8. The average molecular weight is 484 g/mol. The number of rotatable bonds is 6. The van der Waals surface area contributed by atoms with Gasteiger partial charge in [0.15, 0.2) is 5.82 Å². The van der Waals surface area contributed by atoms with Gasteiger partial charge < -0.3 is 16.0 Å². The summed E-state index contributed by atoms with van der Waals surface area (Å²) < 4.78 is 2.10. The van der Waals surface area contributed by atoms with Gasteiger partial charge in [-0.1, -0.05) is 19.8 Å². The second-order valence-electron chi connectivity index (χ2n) is 9.89. The fourth-order valence-electron chi connectivity index (χ4n) is 5.54. The maximum atomic E-state index is 6.26. The molecule has 0 aromatic carbocycles. The van der Waals surface area contributed by atoms with Crippen molar-refractivity contribution in [1.82, 2.24) is 29.7 Å². The van der Waals surface area contributed by atoms with Gasteiger partial charge in [-0.25, -0.2) is 15.0 Å². The first kappa shape index (κ1) is 22.7. The Morgan fingerprint density at radius 2 is 1.86 bits per heavy atom. The molecular formula is C27H33N9. The average Bonchev–Trinajstić information content (AvgIpc) is 3.62. The van der Waals surface area contributed by atoms with Crippen molar-refractivity contribution in [2.75, 3.05) is 29.0 Å². The minimum absolute atomic E-state index is 0.358. The molecule has 2 fully saturated rings. The summed E-state index contributed by atoms with van der Waals surface area (Å²) >= 11 is 0. The number of anilines is 3. The van der Waals surface area contributed by atoms with Gasteiger partial charge in [-0.2, -0.15) is 5.10 Å². The van der Waals surface area contributed by atoms with Gasteiger partial charge in [0.2, 0.25) is 0 Å². The molecule has 1 aliphatic carbocycles. The SMILES string of the molecule is CCc1nc2c(N)ncc(-c3cnn(C4CCN(c5cccnc5)CC4)c3)c2nc1NC1CCCC1. The maximum absolute atomic E-state index is 6.26. The van der Waals surface area contributed by atoms with Crippen molar-refractivity contribution in [1.29, 1.82) is 0 Å². The molecule has 0 amide bonds. The van der Waals surface area contributed by atoms with Gasteiger partial charge in [0, 0.05) is 48.8 Å². The van der Waals surface area contributed by atoms with E-state index in [1.807, 2.05) is 30.9 Å². The number of aryl methyl sites for hydroxylation is 1. The van der Waals surface area contributed by atoms with Crippen LogP contribution in [0.5, 0.6) is 0 Å². The van der Waals surface area contributed by atoms with E-state index >= 15 is 0 Å². The summed E-state index contributed by atoms with van der Waals surface area (Å²) in [6.45, 7) is 4.07. The molecular weight excluding hydrogens is 450 g/mol. The van der Waals surface area contributed by atoms with E-state index in [0.29, 0.717) is 23.4 Å². The van der Waals surface area contributed by atoms with Crippen molar-refractivity contribution < 1.29 is 0 Å². The van der Waals surface area contributed by atoms with Crippen LogP contribution in [-0.2, 0) is 6.42 Å². The van der Waals surface area contributed by atoms with E-state index in [0.717, 1.165) is 60.5 Å². The molecule has 36 heavy (non-hydrogen) atoms. The molecule has 4 aromatic heterocycles. The van der Waals surface area contributed by atoms with E-state index in [4.69, 9.17) is 20.8 Å². The Bertz CT molecular complexity index is 1340. The lowest BCUT2D eigenvalue weighted by molar-refractivity contribution is 0.367. The third kappa shape index (κ3) is 4.34. The van der Waals surface area contributed by atoms with E-state index < -0.39 is 0 Å². The van der Waals surface area contributed by atoms with Crippen LogP contribution in [0.2, 0.25) is 0 Å². The topological polar surface area (TPSA) is 111 Å². The highest BCUT2D eigenvalue weighted by Crippen LogP contribution is 2.33. The van der Waals surface area contributed by atoms with Crippen LogP contribution in [0.1, 0.15) is 57.2 Å². The Hall–Kier alpha value is -3.75. The number of hydrogen-bond acceptors (Lipinski definition) is 8. The second-order valence-corrected chi connectivity index (χ2v) is 9.89. The molecule has 0 radical (unpaired) electrons. The molecule has 1 saturated carbocycles. The van der Waals surface area contributed by atoms with Crippen LogP contribution in [0.4, 0.5) is 17.3 Å². The number of nitrogen functional groups attached to an aromatic ring is 1. The molecule has 3 N–H and O–H groups in total. The molecule has 0 bridgehead atoms. The smallest absolute Gasteiger partial charge is 0.151 e. The highest BCUT2D eigenvalue weighted by Gasteiger charge is 2.23. The van der Waals surface area contributed by atoms with Gasteiger partial charge in [-0.3, -0.25) is 9.67 Å². The van der Waals surface area contributed by atoms with Crippen LogP contribution in [0, 0.1) is 0 Å². The van der Waals surface area contributed by atoms with Crippen molar-refractivity contribution in [3.05, 3.63) is 48.8 Å². The lowest BCUT2D eigenvalue weighted by Gasteiger charge is -2.33. The summed E-state index contributed by atoms with van der Waals surface area (Å²) in [4.78, 5) is 21.1. The van der Waals surface area contributed by atoms with Gasteiger partial charge in [0.1, 0.15) is 16.9 Å². The van der Waals surface area contributed by atoms with Crippen LogP contribution in [0.15, 0.2) is 43.1 Å². The van der Waals surface area contributed by atoms with Gasteiger partial charge in [-0.05, 0) is 44.2 Å². The largest absolute Gasteiger partial charge is 0.382 e.